The maximum Gasteiger partial charge on any atom is 0.127 e. The summed E-state index contributed by atoms with van der Waals surface area (Å²) in [5.41, 5.74) is 1.92. The molecule has 3 nitrogen and oxygen atoms in total. The largest absolute Gasteiger partial charge is 0.496 e. The Morgan fingerprint density at radius 2 is 1.33 bits per heavy atom. The fraction of sp³-hybridized carbons (Fsp3) is 0.0417. The Kier molecular flexibility index (Phi) is 4.84. The zero-order valence-corrected chi connectivity index (χ0v) is 15.0. The molecule has 0 aliphatic rings. The van der Waals surface area contributed by atoms with Crippen molar-refractivity contribution in [3.05, 3.63) is 96.6 Å². The fourth-order valence-electron chi connectivity index (χ4n) is 2.95. The van der Waals surface area contributed by atoms with Gasteiger partial charge in [0.1, 0.15) is 17.2 Å². The maximum absolute atomic E-state index is 5.81. The Bertz CT molecular complexity index is 1070. The average Bonchev–Trinajstić information content (AvgIpc) is 2.74. The molecule has 132 valence electrons. The molecule has 0 bridgehead atoms. The molecule has 0 aliphatic heterocycles. The molecule has 4 aromatic carbocycles. The lowest BCUT2D eigenvalue weighted by Gasteiger charge is -2.07. The highest BCUT2D eigenvalue weighted by atomic mass is 16.5. The maximum atomic E-state index is 5.81. The molecule has 0 aliphatic carbocycles. The van der Waals surface area contributed by atoms with E-state index < -0.39 is 0 Å². The standard InChI is InChI=1S/C24H19NO2/c1-26-24-16-11-18(22-9-5-6-10-23(22)24)17-25-19-12-14-21(15-13-19)27-20-7-3-2-4-8-20/h2-17H,1H3. The van der Waals surface area contributed by atoms with Crippen molar-refractivity contribution in [1.29, 1.82) is 0 Å². The van der Waals surface area contributed by atoms with Crippen LogP contribution in [0.2, 0.25) is 0 Å². The smallest absolute Gasteiger partial charge is 0.127 e. The molecule has 0 amide bonds. The van der Waals surface area contributed by atoms with Gasteiger partial charge in [0.05, 0.1) is 12.8 Å². The van der Waals surface area contributed by atoms with E-state index >= 15 is 0 Å². The topological polar surface area (TPSA) is 30.8 Å². The Labute approximate surface area is 158 Å². The summed E-state index contributed by atoms with van der Waals surface area (Å²) in [5.74, 6) is 2.47. The summed E-state index contributed by atoms with van der Waals surface area (Å²) in [6, 6.07) is 29.6. The van der Waals surface area contributed by atoms with Gasteiger partial charge in [-0.15, -0.1) is 0 Å². The highest BCUT2D eigenvalue weighted by Gasteiger charge is 2.04. The molecule has 3 heteroatoms. The van der Waals surface area contributed by atoms with Crippen LogP contribution in [0.1, 0.15) is 5.56 Å². The van der Waals surface area contributed by atoms with Gasteiger partial charge in [-0.2, -0.15) is 0 Å². The molecule has 0 saturated heterocycles. The van der Waals surface area contributed by atoms with Gasteiger partial charge in [0, 0.05) is 17.2 Å². The number of para-hydroxylation sites is 1. The second kappa shape index (κ2) is 7.75. The first-order valence-corrected chi connectivity index (χ1v) is 8.76. The van der Waals surface area contributed by atoms with Crippen LogP contribution in [0.15, 0.2) is 96.0 Å². The van der Waals surface area contributed by atoms with Crippen LogP contribution in [-0.4, -0.2) is 13.3 Å². The first kappa shape index (κ1) is 16.9. The fourth-order valence-corrected chi connectivity index (χ4v) is 2.95. The zero-order chi connectivity index (χ0) is 18.5. The van der Waals surface area contributed by atoms with Crippen molar-refractivity contribution in [2.24, 2.45) is 4.99 Å². The van der Waals surface area contributed by atoms with Gasteiger partial charge >= 0.3 is 0 Å². The number of rotatable bonds is 5. The Balaban J connectivity index is 1.56. The van der Waals surface area contributed by atoms with E-state index in [0.29, 0.717) is 0 Å². The summed E-state index contributed by atoms with van der Waals surface area (Å²) in [6.07, 6.45) is 1.88. The molecule has 0 N–H and O–H groups in total. The number of hydrogen-bond acceptors (Lipinski definition) is 3. The monoisotopic (exact) mass is 353 g/mol. The van der Waals surface area contributed by atoms with Crippen LogP contribution in [0, 0.1) is 0 Å². The van der Waals surface area contributed by atoms with E-state index in [9.17, 15) is 0 Å². The summed E-state index contributed by atoms with van der Waals surface area (Å²) in [4.78, 5) is 4.61. The van der Waals surface area contributed by atoms with Crippen LogP contribution in [0.5, 0.6) is 17.2 Å². The van der Waals surface area contributed by atoms with Crippen molar-refractivity contribution in [2.45, 2.75) is 0 Å². The van der Waals surface area contributed by atoms with Crippen molar-refractivity contribution >= 4 is 22.7 Å². The van der Waals surface area contributed by atoms with E-state index in [2.05, 4.69) is 17.1 Å². The molecule has 4 aromatic rings. The number of nitrogens with zero attached hydrogens (tertiary/aromatic N) is 1. The van der Waals surface area contributed by atoms with Crippen LogP contribution in [0.25, 0.3) is 10.8 Å². The molecule has 0 unspecified atom stereocenters. The van der Waals surface area contributed by atoms with Crippen LogP contribution in [0.3, 0.4) is 0 Å². The van der Waals surface area contributed by atoms with Crippen LogP contribution < -0.4 is 9.47 Å². The molecular weight excluding hydrogens is 334 g/mol. The van der Waals surface area contributed by atoms with E-state index in [0.717, 1.165) is 39.3 Å². The van der Waals surface area contributed by atoms with Gasteiger partial charge in [-0.25, -0.2) is 0 Å². The van der Waals surface area contributed by atoms with Gasteiger partial charge in [0.2, 0.25) is 0 Å². The first-order valence-electron chi connectivity index (χ1n) is 8.76. The lowest BCUT2D eigenvalue weighted by atomic mass is 10.0. The lowest BCUT2D eigenvalue weighted by Crippen LogP contribution is -1.89. The second-order valence-electron chi connectivity index (χ2n) is 6.07. The van der Waals surface area contributed by atoms with Gasteiger partial charge < -0.3 is 9.47 Å². The highest BCUT2D eigenvalue weighted by molar-refractivity contribution is 6.02. The van der Waals surface area contributed by atoms with Gasteiger partial charge in [0.25, 0.3) is 0 Å². The van der Waals surface area contributed by atoms with Crippen LogP contribution >= 0.6 is 0 Å². The molecule has 0 radical (unpaired) electrons. The predicted octanol–water partition coefficient (Wildman–Crippen LogP) is 6.39. The minimum absolute atomic E-state index is 0.787. The van der Waals surface area contributed by atoms with E-state index in [-0.39, 0.29) is 0 Å². The van der Waals surface area contributed by atoms with Gasteiger partial charge in [0.15, 0.2) is 0 Å². The first-order chi connectivity index (χ1) is 13.3. The normalized spacial score (nSPS) is 11.0. The minimum Gasteiger partial charge on any atom is -0.496 e. The minimum atomic E-state index is 0.787. The van der Waals surface area contributed by atoms with E-state index in [1.54, 1.807) is 7.11 Å². The van der Waals surface area contributed by atoms with Crippen molar-refractivity contribution in [3.63, 3.8) is 0 Å². The van der Waals surface area contributed by atoms with Crippen molar-refractivity contribution < 1.29 is 9.47 Å². The second-order valence-corrected chi connectivity index (χ2v) is 6.07. The van der Waals surface area contributed by atoms with Crippen LogP contribution in [-0.2, 0) is 0 Å². The third-order valence-electron chi connectivity index (χ3n) is 4.31. The van der Waals surface area contributed by atoms with Crippen LogP contribution in [0.4, 0.5) is 5.69 Å². The third kappa shape index (κ3) is 3.82. The molecule has 0 spiro atoms. The molecule has 4 rings (SSSR count). The molecule has 0 saturated carbocycles. The third-order valence-corrected chi connectivity index (χ3v) is 4.31. The van der Waals surface area contributed by atoms with Gasteiger partial charge in [-0.1, -0.05) is 42.5 Å². The average molecular weight is 353 g/mol. The molecule has 0 fully saturated rings. The van der Waals surface area contributed by atoms with E-state index in [4.69, 9.17) is 9.47 Å². The Hall–Kier alpha value is -3.59. The summed E-state index contributed by atoms with van der Waals surface area (Å²) in [7, 11) is 1.69. The Morgan fingerprint density at radius 1 is 0.667 bits per heavy atom. The molecule has 0 atom stereocenters. The van der Waals surface area contributed by atoms with E-state index in [1.807, 2.05) is 85.1 Å². The van der Waals surface area contributed by atoms with Gasteiger partial charge in [-0.3, -0.25) is 4.99 Å². The molecule has 0 aromatic heterocycles. The highest BCUT2D eigenvalue weighted by Crippen LogP contribution is 2.28. The predicted molar refractivity (Wildman–Crippen MR) is 111 cm³/mol. The van der Waals surface area contributed by atoms with Crippen molar-refractivity contribution in [3.8, 4) is 17.2 Å². The molecule has 0 heterocycles. The zero-order valence-electron chi connectivity index (χ0n) is 15.0. The summed E-state index contributed by atoms with van der Waals surface area (Å²) < 4.78 is 11.3. The quantitative estimate of drug-likeness (QED) is 0.389. The molecular formula is C24H19NO2. The summed E-state index contributed by atoms with van der Waals surface area (Å²) in [6.45, 7) is 0. The van der Waals surface area contributed by atoms with Crippen molar-refractivity contribution in [2.75, 3.05) is 7.11 Å². The van der Waals surface area contributed by atoms with Gasteiger partial charge in [-0.05, 0) is 53.9 Å². The molecule has 27 heavy (non-hydrogen) atoms. The number of methoxy groups -OCH3 is 1. The van der Waals surface area contributed by atoms with E-state index in [1.165, 1.54) is 0 Å². The lowest BCUT2D eigenvalue weighted by molar-refractivity contribution is 0.420. The number of aliphatic imine (C=N–C) groups is 1. The number of benzene rings is 4. The number of hydrogen-bond donors (Lipinski definition) is 0. The summed E-state index contributed by atoms with van der Waals surface area (Å²) >= 11 is 0. The summed E-state index contributed by atoms with van der Waals surface area (Å²) in [5, 5.41) is 2.19. The van der Waals surface area contributed by atoms with Crippen molar-refractivity contribution in [1.82, 2.24) is 0 Å². The number of fused-ring (bicyclic) bond motifs is 1. The SMILES string of the molecule is COc1ccc(C=Nc2ccc(Oc3ccccc3)cc2)c2ccccc12. The number of ether oxygens (including phenoxy) is 2. The Morgan fingerprint density at radius 3 is 2.07 bits per heavy atom.